The molecule has 0 bridgehead atoms. The van der Waals surface area contributed by atoms with Crippen LogP contribution in [-0.4, -0.2) is 12.2 Å². The molecule has 0 atom stereocenters. The molecule has 0 amide bonds. The van der Waals surface area contributed by atoms with E-state index in [9.17, 15) is 4.79 Å². The lowest BCUT2D eigenvalue weighted by Crippen LogP contribution is -2.01. The number of benzene rings is 1. The molecule has 0 N–H and O–H groups in total. The first-order valence-electron chi connectivity index (χ1n) is 3.55. The first-order valence-corrected chi connectivity index (χ1v) is 4.78. The third-order valence-corrected chi connectivity index (χ3v) is 2.10. The predicted octanol–water partition coefficient (Wildman–Crippen LogP) is 2.33. The van der Waals surface area contributed by atoms with Gasteiger partial charge >= 0.3 is 5.97 Å². The second-order valence-electron chi connectivity index (χ2n) is 2.24. The van der Waals surface area contributed by atoms with Gasteiger partial charge in [0.25, 0.3) is 0 Å². The number of para-hydroxylation sites is 1. The van der Waals surface area contributed by atoms with Crippen LogP contribution in [0, 0.1) is 0 Å². The van der Waals surface area contributed by atoms with Crippen molar-refractivity contribution in [2.45, 2.75) is 11.8 Å². The summed E-state index contributed by atoms with van der Waals surface area (Å²) in [6.07, 6.45) is 1.95. The van der Waals surface area contributed by atoms with E-state index in [0.29, 0.717) is 5.75 Å². The fourth-order valence-corrected chi connectivity index (χ4v) is 1.38. The van der Waals surface area contributed by atoms with E-state index < -0.39 is 0 Å². The Hall–Kier alpha value is -0.960. The minimum Gasteiger partial charge on any atom is -0.426 e. The second-order valence-corrected chi connectivity index (χ2v) is 3.09. The van der Waals surface area contributed by atoms with E-state index in [1.165, 1.54) is 6.92 Å². The van der Waals surface area contributed by atoms with Gasteiger partial charge in [0, 0.05) is 11.8 Å². The monoisotopic (exact) mass is 182 g/mol. The van der Waals surface area contributed by atoms with Crippen molar-refractivity contribution in [1.82, 2.24) is 0 Å². The first kappa shape index (κ1) is 9.13. The molecule has 0 aromatic heterocycles. The van der Waals surface area contributed by atoms with Gasteiger partial charge in [0.2, 0.25) is 0 Å². The molecule has 1 aromatic rings. The minimum atomic E-state index is -0.281. The molecule has 0 fully saturated rings. The molecule has 0 aliphatic carbocycles. The molecule has 0 saturated heterocycles. The van der Waals surface area contributed by atoms with Crippen molar-refractivity contribution < 1.29 is 9.53 Å². The number of thioether (sulfide) groups is 1. The standard InChI is InChI=1S/C9H10O2S/c1-7(10)11-8-5-3-4-6-9(8)12-2/h3-6H,1-2H3. The van der Waals surface area contributed by atoms with Crippen molar-refractivity contribution in [3.8, 4) is 5.75 Å². The van der Waals surface area contributed by atoms with Crippen LogP contribution in [0.25, 0.3) is 0 Å². The maximum atomic E-state index is 10.6. The van der Waals surface area contributed by atoms with Crippen LogP contribution in [-0.2, 0) is 4.79 Å². The normalized spacial score (nSPS) is 9.50. The molecular weight excluding hydrogens is 172 g/mol. The van der Waals surface area contributed by atoms with Gasteiger partial charge in [-0.1, -0.05) is 12.1 Å². The maximum absolute atomic E-state index is 10.6. The summed E-state index contributed by atoms with van der Waals surface area (Å²) in [6, 6.07) is 7.47. The molecule has 3 heteroatoms. The van der Waals surface area contributed by atoms with E-state index in [2.05, 4.69) is 0 Å². The van der Waals surface area contributed by atoms with Crippen LogP contribution in [0.3, 0.4) is 0 Å². The van der Waals surface area contributed by atoms with E-state index in [1.54, 1.807) is 17.8 Å². The van der Waals surface area contributed by atoms with Crippen molar-refractivity contribution in [3.05, 3.63) is 24.3 Å². The quantitative estimate of drug-likeness (QED) is 0.399. The van der Waals surface area contributed by atoms with Gasteiger partial charge in [-0.15, -0.1) is 11.8 Å². The van der Waals surface area contributed by atoms with Crippen molar-refractivity contribution in [3.63, 3.8) is 0 Å². The smallest absolute Gasteiger partial charge is 0.308 e. The average molecular weight is 182 g/mol. The molecular formula is C9H10O2S. The minimum absolute atomic E-state index is 0.281. The number of hydrogen-bond acceptors (Lipinski definition) is 3. The molecule has 1 aromatic carbocycles. The highest BCUT2D eigenvalue weighted by Crippen LogP contribution is 2.26. The van der Waals surface area contributed by atoms with Gasteiger partial charge in [-0.3, -0.25) is 4.79 Å². The van der Waals surface area contributed by atoms with Gasteiger partial charge in [0.1, 0.15) is 5.75 Å². The summed E-state index contributed by atoms with van der Waals surface area (Å²) in [5.41, 5.74) is 0. The Balaban J connectivity index is 2.89. The largest absolute Gasteiger partial charge is 0.426 e. The lowest BCUT2D eigenvalue weighted by atomic mass is 10.3. The molecule has 1 rings (SSSR count). The molecule has 64 valence electrons. The van der Waals surface area contributed by atoms with Crippen molar-refractivity contribution in [2.24, 2.45) is 0 Å². The van der Waals surface area contributed by atoms with Crippen LogP contribution < -0.4 is 4.74 Å². The summed E-state index contributed by atoms with van der Waals surface area (Å²) in [4.78, 5) is 11.6. The van der Waals surface area contributed by atoms with Crippen molar-refractivity contribution in [2.75, 3.05) is 6.26 Å². The Morgan fingerprint density at radius 2 is 2.08 bits per heavy atom. The summed E-state index contributed by atoms with van der Waals surface area (Å²) < 4.78 is 4.98. The Kier molecular flexibility index (Phi) is 3.17. The Morgan fingerprint density at radius 1 is 1.42 bits per heavy atom. The Bertz CT molecular complexity index is 284. The van der Waals surface area contributed by atoms with Gasteiger partial charge in [-0.05, 0) is 18.4 Å². The molecule has 0 saturated carbocycles. The SMILES string of the molecule is CSc1ccccc1OC(C)=O. The Labute approximate surface area is 75.9 Å². The highest BCUT2D eigenvalue weighted by Gasteiger charge is 2.02. The van der Waals surface area contributed by atoms with Crippen LogP contribution in [0.15, 0.2) is 29.2 Å². The average Bonchev–Trinajstić information content (AvgIpc) is 2.04. The highest BCUT2D eigenvalue weighted by molar-refractivity contribution is 7.98. The van der Waals surface area contributed by atoms with Crippen LogP contribution in [0.5, 0.6) is 5.75 Å². The Morgan fingerprint density at radius 3 is 2.67 bits per heavy atom. The molecule has 12 heavy (non-hydrogen) atoms. The molecule has 0 heterocycles. The summed E-state index contributed by atoms with van der Waals surface area (Å²) in [7, 11) is 0. The third kappa shape index (κ3) is 2.27. The number of carbonyl (C=O) groups excluding carboxylic acids is 1. The van der Waals surface area contributed by atoms with Gasteiger partial charge in [0.05, 0.1) is 0 Å². The zero-order valence-electron chi connectivity index (χ0n) is 7.03. The van der Waals surface area contributed by atoms with Crippen molar-refractivity contribution in [1.29, 1.82) is 0 Å². The summed E-state index contributed by atoms with van der Waals surface area (Å²) in [5, 5.41) is 0. The molecule has 0 aliphatic heterocycles. The topological polar surface area (TPSA) is 26.3 Å². The fraction of sp³-hybridized carbons (Fsp3) is 0.222. The fourth-order valence-electron chi connectivity index (χ4n) is 0.858. The highest BCUT2D eigenvalue weighted by atomic mass is 32.2. The van der Waals surface area contributed by atoms with Gasteiger partial charge < -0.3 is 4.74 Å². The van der Waals surface area contributed by atoms with Gasteiger partial charge in [0.15, 0.2) is 0 Å². The van der Waals surface area contributed by atoms with Crippen LogP contribution >= 0.6 is 11.8 Å². The molecule has 0 spiro atoms. The van der Waals surface area contributed by atoms with Crippen LogP contribution in [0.1, 0.15) is 6.92 Å². The lowest BCUT2D eigenvalue weighted by Gasteiger charge is -2.04. The van der Waals surface area contributed by atoms with Crippen LogP contribution in [0.2, 0.25) is 0 Å². The van der Waals surface area contributed by atoms with Crippen molar-refractivity contribution >= 4 is 17.7 Å². The van der Waals surface area contributed by atoms with E-state index in [1.807, 2.05) is 24.5 Å². The number of ether oxygens (including phenoxy) is 1. The van der Waals surface area contributed by atoms with E-state index in [0.717, 1.165) is 4.90 Å². The number of rotatable bonds is 2. The molecule has 0 aliphatic rings. The molecule has 2 nitrogen and oxygen atoms in total. The lowest BCUT2D eigenvalue weighted by molar-refractivity contribution is -0.132. The maximum Gasteiger partial charge on any atom is 0.308 e. The summed E-state index contributed by atoms with van der Waals surface area (Å²) in [5.74, 6) is 0.356. The molecule has 0 radical (unpaired) electrons. The summed E-state index contributed by atoms with van der Waals surface area (Å²) in [6.45, 7) is 1.40. The molecule has 0 unspecified atom stereocenters. The predicted molar refractivity (Wildman–Crippen MR) is 49.5 cm³/mol. The third-order valence-electron chi connectivity index (χ3n) is 1.32. The van der Waals surface area contributed by atoms with Crippen LogP contribution in [0.4, 0.5) is 0 Å². The number of carbonyl (C=O) groups is 1. The number of hydrogen-bond donors (Lipinski definition) is 0. The van der Waals surface area contributed by atoms with Gasteiger partial charge in [-0.2, -0.15) is 0 Å². The first-order chi connectivity index (χ1) is 5.74. The number of esters is 1. The second kappa shape index (κ2) is 4.16. The van der Waals surface area contributed by atoms with E-state index in [4.69, 9.17) is 4.74 Å². The van der Waals surface area contributed by atoms with Gasteiger partial charge in [-0.25, -0.2) is 0 Å². The zero-order valence-corrected chi connectivity index (χ0v) is 7.85. The summed E-state index contributed by atoms with van der Waals surface area (Å²) >= 11 is 1.56. The zero-order chi connectivity index (χ0) is 8.97. The van der Waals surface area contributed by atoms with E-state index >= 15 is 0 Å². The van der Waals surface area contributed by atoms with E-state index in [-0.39, 0.29) is 5.97 Å².